The monoisotopic (exact) mass is 343 g/mol. The van der Waals surface area contributed by atoms with Crippen molar-refractivity contribution >= 4 is 28.3 Å². The summed E-state index contributed by atoms with van der Waals surface area (Å²) < 4.78 is 1.32. The van der Waals surface area contributed by atoms with E-state index in [4.69, 9.17) is 0 Å². The highest BCUT2D eigenvalue weighted by Crippen LogP contribution is 2.32. The quantitative estimate of drug-likeness (QED) is 0.758. The third-order valence-electron chi connectivity index (χ3n) is 4.06. The molecule has 1 aliphatic carbocycles. The molecule has 0 heterocycles. The van der Waals surface area contributed by atoms with E-state index in [1.807, 2.05) is 0 Å². The third kappa shape index (κ3) is 3.15. The molecule has 0 radical (unpaired) electrons. The van der Waals surface area contributed by atoms with E-state index in [1.54, 1.807) is 0 Å². The molecule has 1 N–H and O–H groups in total. The minimum absolute atomic E-state index is 0.641. The summed E-state index contributed by atoms with van der Waals surface area (Å²) >= 11 is 2.37. The van der Waals surface area contributed by atoms with Crippen LogP contribution in [-0.4, -0.2) is 6.04 Å². The number of hydrogen-bond donors (Lipinski definition) is 1. The SMILES string of the molecule is Cc1cc(I)ccc1NC1C(C)CCCC1C. The van der Waals surface area contributed by atoms with E-state index in [1.165, 1.54) is 34.1 Å². The van der Waals surface area contributed by atoms with Crippen LogP contribution in [0.5, 0.6) is 0 Å². The van der Waals surface area contributed by atoms with Gasteiger partial charge in [-0.3, -0.25) is 0 Å². The molecule has 17 heavy (non-hydrogen) atoms. The molecule has 0 spiro atoms. The van der Waals surface area contributed by atoms with Gasteiger partial charge in [-0.15, -0.1) is 0 Å². The van der Waals surface area contributed by atoms with Gasteiger partial charge in [-0.1, -0.05) is 20.3 Å². The first-order valence-corrected chi connectivity index (χ1v) is 7.68. The van der Waals surface area contributed by atoms with Gasteiger partial charge in [0.05, 0.1) is 0 Å². The van der Waals surface area contributed by atoms with E-state index < -0.39 is 0 Å². The predicted molar refractivity (Wildman–Crippen MR) is 83.5 cm³/mol. The van der Waals surface area contributed by atoms with Crippen LogP contribution >= 0.6 is 22.6 Å². The fraction of sp³-hybridized carbons (Fsp3) is 0.600. The summed E-state index contributed by atoms with van der Waals surface area (Å²) in [6.45, 7) is 6.97. The number of nitrogens with one attached hydrogen (secondary N) is 1. The van der Waals surface area contributed by atoms with Crippen molar-refractivity contribution < 1.29 is 0 Å². The minimum atomic E-state index is 0.641. The number of anilines is 1. The molecule has 0 saturated heterocycles. The maximum atomic E-state index is 3.77. The Bertz CT molecular complexity index is 379. The summed E-state index contributed by atoms with van der Waals surface area (Å²) in [5.41, 5.74) is 2.68. The molecule has 94 valence electrons. The molecule has 1 nitrogen and oxygen atoms in total. The second-order valence-electron chi connectivity index (χ2n) is 5.51. The van der Waals surface area contributed by atoms with Crippen molar-refractivity contribution in [2.75, 3.05) is 5.32 Å². The molecule has 2 rings (SSSR count). The van der Waals surface area contributed by atoms with Crippen molar-refractivity contribution in [2.24, 2.45) is 11.8 Å². The highest BCUT2D eigenvalue weighted by Gasteiger charge is 2.27. The first-order valence-electron chi connectivity index (χ1n) is 6.60. The van der Waals surface area contributed by atoms with Crippen molar-refractivity contribution in [2.45, 2.75) is 46.1 Å². The molecule has 2 atom stereocenters. The van der Waals surface area contributed by atoms with Gasteiger partial charge >= 0.3 is 0 Å². The topological polar surface area (TPSA) is 12.0 Å². The Balaban J connectivity index is 2.13. The number of hydrogen-bond acceptors (Lipinski definition) is 1. The van der Waals surface area contributed by atoms with Crippen LogP contribution < -0.4 is 5.32 Å². The van der Waals surface area contributed by atoms with Gasteiger partial charge in [0, 0.05) is 15.3 Å². The predicted octanol–water partition coefficient (Wildman–Crippen LogP) is 4.84. The molecule has 1 aliphatic rings. The van der Waals surface area contributed by atoms with Crippen molar-refractivity contribution in [3.05, 3.63) is 27.3 Å². The smallest absolute Gasteiger partial charge is 0.0372 e. The molecular formula is C15H22IN. The van der Waals surface area contributed by atoms with Gasteiger partial charge in [-0.2, -0.15) is 0 Å². The van der Waals surface area contributed by atoms with Crippen LogP contribution in [0.4, 0.5) is 5.69 Å². The van der Waals surface area contributed by atoms with Crippen LogP contribution in [0.1, 0.15) is 38.7 Å². The fourth-order valence-electron chi connectivity index (χ4n) is 2.93. The normalized spacial score (nSPS) is 29.1. The average molecular weight is 343 g/mol. The van der Waals surface area contributed by atoms with E-state index in [0.29, 0.717) is 6.04 Å². The molecule has 0 bridgehead atoms. The summed E-state index contributed by atoms with van der Waals surface area (Å²) in [7, 11) is 0. The van der Waals surface area contributed by atoms with Crippen LogP contribution in [0.15, 0.2) is 18.2 Å². The number of rotatable bonds is 2. The molecule has 1 aromatic carbocycles. The van der Waals surface area contributed by atoms with Gasteiger partial charge in [0.15, 0.2) is 0 Å². The molecule has 0 amide bonds. The second-order valence-corrected chi connectivity index (χ2v) is 6.76. The zero-order chi connectivity index (χ0) is 12.4. The van der Waals surface area contributed by atoms with E-state index in [2.05, 4.69) is 66.9 Å². The number of aryl methyl sites for hydroxylation is 1. The summed E-state index contributed by atoms with van der Waals surface area (Å²) in [6, 6.07) is 7.31. The lowest BCUT2D eigenvalue weighted by Gasteiger charge is -2.36. The van der Waals surface area contributed by atoms with Gasteiger partial charge in [-0.05, 0) is 78.0 Å². The molecule has 2 unspecified atom stereocenters. The molecule has 1 saturated carbocycles. The van der Waals surface area contributed by atoms with Crippen molar-refractivity contribution in [1.82, 2.24) is 0 Å². The van der Waals surface area contributed by atoms with Crippen LogP contribution in [0, 0.1) is 22.3 Å². The number of benzene rings is 1. The Labute approximate surface area is 119 Å². The first-order chi connectivity index (χ1) is 8.08. The maximum absolute atomic E-state index is 3.77. The largest absolute Gasteiger partial charge is 0.382 e. The van der Waals surface area contributed by atoms with Crippen molar-refractivity contribution in [3.8, 4) is 0 Å². The van der Waals surface area contributed by atoms with Crippen LogP contribution in [0.3, 0.4) is 0 Å². The summed E-state index contributed by atoms with van der Waals surface area (Å²) in [4.78, 5) is 0. The first kappa shape index (κ1) is 13.2. The van der Waals surface area contributed by atoms with Gasteiger partial charge in [0.1, 0.15) is 0 Å². The highest BCUT2D eigenvalue weighted by molar-refractivity contribution is 14.1. The zero-order valence-corrected chi connectivity index (χ0v) is 13.1. The minimum Gasteiger partial charge on any atom is -0.382 e. The van der Waals surface area contributed by atoms with Crippen LogP contribution in [0.25, 0.3) is 0 Å². The average Bonchev–Trinajstić information content (AvgIpc) is 2.26. The van der Waals surface area contributed by atoms with Gasteiger partial charge in [-0.25, -0.2) is 0 Å². The van der Waals surface area contributed by atoms with E-state index in [9.17, 15) is 0 Å². The maximum Gasteiger partial charge on any atom is 0.0372 e. The lowest BCUT2D eigenvalue weighted by molar-refractivity contribution is 0.268. The molecule has 1 fully saturated rings. The third-order valence-corrected chi connectivity index (χ3v) is 4.73. The summed E-state index contributed by atoms with van der Waals surface area (Å²) in [6.07, 6.45) is 4.13. The van der Waals surface area contributed by atoms with E-state index >= 15 is 0 Å². The molecular weight excluding hydrogens is 321 g/mol. The van der Waals surface area contributed by atoms with Crippen molar-refractivity contribution in [1.29, 1.82) is 0 Å². The van der Waals surface area contributed by atoms with Gasteiger partial charge in [0.2, 0.25) is 0 Å². The molecule has 2 heteroatoms. The summed E-state index contributed by atoms with van der Waals surface area (Å²) in [5, 5.41) is 3.77. The summed E-state index contributed by atoms with van der Waals surface area (Å²) in [5.74, 6) is 1.58. The van der Waals surface area contributed by atoms with E-state index in [-0.39, 0.29) is 0 Å². The molecule has 0 aromatic heterocycles. The Kier molecular flexibility index (Phi) is 4.34. The molecule has 0 aliphatic heterocycles. The van der Waals surface area contributed by atoms with Crippen LogP contribution in [-0.2, 0) is 0 Å². The van der Waals surface area contributed by atoms with E-state index in [0.717, 1.165) is 11.8 Å². The second kappa shape index (κ2) is 5.59. The Hall–Kier alpha value is -0.250. The lowest BCUT2D eigenvalue weighted by Crippen LogP contribution is -2.37. The standard InChI is InChI=1S/C15H22IN/c1-10-5-4-6-11(2)15(10)17-14-8-7-13(16)9-12(14)3/h7-11,15,17H,4-6H2,1-3H3. The number of halogens is 1. The molecule has 1 aromatic rings. The fourth-order valence-corrected chi connectivity index (χ4v) is 3.58. The zero-order valence-electron chi connectivity index (χ0n) is 11.0. The Morgan fingerprint density at radius 3 is 2.41 bits per heavy atom. The highest BCUT2D eigenvalue weighted by atomic mass is 127. The van der Waals surface area contributed by atoms with Gasteiger partial charge in [0.25, 0.3) is 0 Å². The Morgan fingerprint density at radius 2 is 1.82 bits per heavy atom. The van der Waals surface area contributed by atoms with Crippen LogP contribution in [0.2, 0.25) is 0 Å². The Morgan fingerprint density at radius 1 is 1.18 bits per heavy atom. The van der Waals surface area contributed by atoms with Crippen molar-refractivity contribution in [3.63, 3.8) is 0 Å². The van der Waals surface area contributed by atoms with Gasteiger partial charge < -0.3 is 5.32 Å². The lowest BCUT2D eigenvalue weighted by atomic mass is 9.78.